The van der Waals surface area contributed by atoms with Crippen LogP contribution >= 0.6 is 0 Å². The highest BCUT2D eigenvalue weighted by molar-refractivity contribution is 5.82. The van der Waals surface area contributed by atoms with Gasteiger partial charge < -0.3 is 0 Å². The number of amides is 1. The van der Waals surface area contributed by atoms with E-state index in [0.717, 1.165) is 6.54 Å². The normalized spacial score (nSPS) is 25.6. The van der Waals surface area contributed by atoms with Gasteiger partial charge in [0.1, 0.15) is 0 Å². The lowest BCUT2D eigenvalue weighted by atomic mass is 9.71. The summed E-state index contributed by atoms with van der Waals surface area (Å²) in [4.78, 5) is 12.4. The van der Waals surface area contributed by atoms with Crippen LogP contribution in [0.5, 0.6) is 0 Å². The molecule has 0 aliphatic carbocycles. The Balaban J connectivity index is 2.91. The van der Waals surface area contributed by atoms with E-state index in [1.165, 1.54) is 0 Å². The van der Waals surface area contributed by atoms with Crippen LogP contribution in [0.1, 0.15) is 48.5 Å². The van der Waals surface area contributed by atoms with Crippen molar-refractivity contribution in [2.24, 2.45) is 17.3 Å². The molecular weight excluding hydrogens is 200 g/mol. The van der Waals surface area contributed by atoms with Crippen molar-refractivity contribution >= 4 is 5.91 Å². The summed E-state index contributed by atoms with van der Waals surface area (Å²) in [7, 11) is 0. The van der Waals surface area contributed by atoms with Crippen molar-refractivity contribution in [3.05, 3.63) is 0 Å². The highest BCUT2D eigenvalue weighted by Crippen LogP contribution is 2.39. The van der Waals surface area contributed by atoms with E-state index in [0.29, 0.717) is 5.92 Å². The third-order valence-electron chi connectivity index (χ3n) is 3.07. The summed E-state index contributed by atoms with van der Waals surface area (Å²) in [6, 6.07) is 0. The molecule has 16 heavy (non-hydrogen) atoms. The van der Waals surface area contributed by atoms with Crippen LogP contribution in [-0.2, 0) is 4.79 Å². The Morgan fingerprint density at radius 1 is 1.38 bits per heavy atom. The monoisotopic (exact) mass is 226 g/mol. The molecule has 0 spiro atoms. The first kappa shape index (κ1) is 13.5. The molecular formula is C13H26N2O. The number of hydrazine groups is 1. The van der Waals surface area contributed by atoms with Crippen LogP contribution in [-0.4, -0.2) is 23.0 Å². The van der Waals surface area contributed by atoms with Gasteiger partial charge in [-0.15, -0.1) is 0 Å². The fourth-order valence-electron chi connectivity index (χ4n) is 2.89. The lowest BCUT2D eigenvalue weighted by molar-refractivity contribution is -0.135. The summed E-state index contributed by atoms with van der Waals surface area (Å²) in [5.74, 6) is 0.774. The Kier molecular flexibility index (Phi) is 3.39. The fourth-order valence-corrected chi connectivity index (χ4v) is 2.89. The van der Waals surface area contributed by atoms with Gasteiger partial charge in [-0.05, 0) is 25.2 Å². The Bertz CT molecular complexity index is 276. The van der Waals surface area contributed by atoms with E-state index < -0.39 is 0 Å². The Labute approximate surface area is 99.6 Å². The molecule has 0 bridgehead atoms. The molecule has 0 aromatic rings. The maximum atomic E-state index is 12.4. The minimum Gasteiger partial charge on any atom is -0.277 e. The average molecular weight is 226 g/mol. The zero-order chi connectivity index (χ0) is 12.7. The van der Waals surface area contributed by atoms with Crippen LogP contribution < -0.4 is 5.43 Å². The van der Waals surface area contributed by atoms with Gasteiger partial charge in [0.25, 0.3) is 0 Å². The maximum absolute atomic E-state index is 12.4. The van der Waals surface area contributed by atoms with E-state index >= 15 is 0 Å². The van der Waals surface area contributed by atoms with Crippen molar-refractivity contribution in [3.8, 4) is 0 Å². The van der Waals surface area contributed by atoms with Crippen LogP contribution in [0.3, 0.4) is 0 Å². The van der Waals surface area contributed by atoms with E-state index in [-0.39, 0.29) is 22.8 Å². The van der Waals surface area contributed by atoms with Crippen molar-refractivity contribution in [1.29, 1.82) is 0 Å². The molecule has 1 aliphatic rings. The number of nitrogens with zero attached hydrogens (tertiary/aromatic N) is 1. The van der Waals surface area contributed by atoms with Crippen molar-refractivity contribution in [2.45, 2.75) is 54.0 Å². The first-order valence-electron chi connectivity index (χ1n) is 6.15. The van der Waals surface area contributed by atoms with Crippen LogP contribution in [0.25, 0.3) is 0 Å². The number of hydrogen-bond acceptors (Lipinski definition) is 2. The molecule has 1 fully saturated rings. The van der Waals surface area contributed by atoms with Crippen LogP contribution in [0.2, 0.25) is 0 Å². The molecule has 1 N–H and O–H groups in total. The van der Waals surface area contributed by atoms with Crippen molar-refractivity contribution in [3.63, 3.8) is 0 Å². The van der Waals surface area contributed by atoms with E-state index in [1.54, 1.807) is 5.01 Å². The zero-order valence-corrected chi connectivity index (χ0v) is 11.7. The minimum absolute atomic E-state index is 0.000682. The van der Waals surface area contributed by atoms with Crippen LogP contribution in [0.15, 0.2) is 0 Å². The molecule has 1 unspecified atom stereocenters. The zero-order valence-electron chi connectivity index (χ0n) is 11.7. The third-order valence-corrected chi connectivity index (χ3v) is 3.07. The summed E-state index contributed by atoms with van der Waals surface area (Å²) in [6.45, 7) is 15.7. The Morgan fingerprint density at radius 2 is 1.88 bits per heavy atom. The van der Waals surface area contributed by atoms with Gasteiger partial charge in [0.15, 0.2) is 0 Å². The standard InChI is InChI=1S/C13H26N2O/c1-9(2)8-15-11(16)10(12(3,4)5)13(6,7)14-15/h9-10,14H,8H2,1-7H3. The smallest absolute Gasteiger partial charge is 0.242 e. The Morgan fingerprint density at radius 3 is 2.19 bits per heavy atom. The van der Waals surface area contributed by atoms with Gasteiger partial charge in [-0.2, -0.15) is 0 Å². The Hall–Kier alpha value is -0.570. The van der Waals surface area contributed by atoms with Gasteiger partial charge in [-0.3, -0.25) is 9.80 Å². The quantitative estimate of drug-likeness (QED) is 0.784. The molecule has 3 heteroatoms. The summed E-state index contributed by atoms with van der Waals surface area (Å²) in [5.41, 5.74) is 3.20. The molecule has 0 radical (unpaired) electrons. The molecule has 1 heterocycles. The van der Waals surface area contributed by atoms with Gasteiger partial charge in [0, 0.05) is 12.1 Å². The molecule has 1 amide bonds. The molecule has 3 nitrogen and oxygen atoms in total. The molecule has 1 rings (SSSR count). The molecule has 94 valence electrons. The number of rotatable bonds is 2. The fraction of sp³-hybridized carbons (Fsp3) is 0.923. The number of hydrogen-bond donors (Lipinski definition) is 1. The second-order valence-electron chi connectivity index (χ2n) is 6.98. The van der Waals surface area contributed by atoms with Crippen LogP contribution in [0, 0.1) is 17.3 Å². The van der Waals surface area contributed by atoms with Gasteiger partial charge in [0.05, 0.1) is 5.92 Å². The first-order chi connectivity index (χ1) is 7.05. The van der Waals surface area contributed by atoms with Gasteiger partial charge in [0.2, 0.25) is 5.91 Å². The predicted molar refractivity (Wildman–Crippen MR) is 66.7 cm³/mol. The number of carbonyl (C=O) groups excluding carboxylic acids is 1. The lowest BCUT2D eigenvalue weighted by Gasteiger charge is -2.34. The predicted octanol–water partition coefficient (Wildman–Crippen LogP) is 2.43. The van der Waals surface area contributed by atoms with E-state index in [1.807, 2.05) is 0 Å². The first-order valence-corrected chi connectivity index (χ1v) is 6.15. The molecule has 1 saturated heterocycles. The molecule has 0 aromatic heterocycles. The van der Waals surface area contributed by atoms with Crippen molar-refractivity contribution in [1.82, 2.24) is 10.4 Å². The lowest BCUT2D eigenvalue weighted by Crippen LogP contribution is -2.46. The molecule has 1 aliphatic heterocycles. The minimum atomic E-state index is -0.149. The second-order valence-corrected chi connectivity index (χ2v) is 6.98. The summed E-state index contributed by atoms with van der Waals surface area (Å²) >= 11 is 0. The van der Waals surface area contributed by atoms with E-state index in [4.69, 9.17) is 0 Å². The van der Waals surface area contributed by atoms with Crippen molar-refractivity contribution in [2.75, 3.05) is 6.54 Å². The largest absolute Gasteiger partial charge is 0.277 e. The number of carbonyl (C=O) groups is 1. The summed E-state index contributed by atoms with van der Waals surface area (Å²) in [5, 5.41) is 1.81. The summed E-state index contributed by atoms with van der Waals surface area (Å²) in [6.07, 6.45) is 0. The van der Waals surface area contributed by atoms with Crippen molar-refractivity contribution < 1.29 is 4.79 Å². The highest BCUT2D eigenvalue weighted by Gasteiger charge is 2.51. The van der Waals surface area contributed by atoms with Gasteiger partial charge >= 0.3 is 0 Å². The summed E-state index contributed by atoms with van der Waals surface area (Å²) < 4.78 is 0. The molecule has 0 aromatic carbocycles. The molecule has 0 saturated carbocycles. The van der Waals surface area contributed by atoms with Gasteiger partial charge in [-0.1, -0.05) is 34.6 Å². The van der Waals surface area contributed by atoms with Crippen LogP contribution in [0.4, 0.5) is 0 Å². The number of nitrogens with one attached hydrogen (secondary N) is 1. The second kappa shape index (κ2) is 4.02. The highest BCUT2D eigenvalue weighted by atomic mass is 16.2. The topological polar surface area (TPSA) is 32.3 Å². The molecule has 1 atom stereocenters. The maximum Gasteiger partial charge on any atom is 0.242 e. The average Bonchev–Trinajstić information content (AvgIpc) is 2.17. The van der Waals surface area contributed by atoms with E-state index in [9.17, 15) is 4.79 Å². The SMILES string of the molecule is CC(C)CN1NC(C)(C)C(C(C)(C)C)C1=O. The van der Waals surface area contributed by atoms with Gasteiger partial charge in [-0.25, -0.2) is 5.43 Å². The third kappa shape index (κ3) is 2.57. The van der Waals surface area contributed by atoms with E-state index in [2.05, 4.69) is 53.9 Å².